The summed E-state index contributed by atoms with van der Waals surface area (Å²) in [6, 6.07) is 1.73. The van der Waals surface area contributed by atoms with E-state index in [4.69, 9.17) is 5.73 Å². The zero-order chi connectivity index (χ0) is 11.4. The maximum absolute atomic E-state index is 5.74. The van der Waals surface area contributed by atoms with E-state index in [9.17, 15) is 0 Å². The van der Waals surface area contributed by atoms with Crippen molar-refractivity contribution in [3.8, 4) is 11.3 Å². The van der Waals surface area contributed by atoms with Gasteiger partial charge in [-0.15, -0.1) is 0 Å². The first-order valence-electron chi connectivity index (χ1n) is 5.18. The smallest absolute Gasteiger partial charge is 0.131 e. The summed E-state index contributed by atoms with van der Waals surface area (Å²) in [5.74, 6) is 1.25. The van der Waals surface area contributed by atoms with Crippen LogP contribution in [0.5, 0.6) is 0 Å². The minimum Gasteiger partial charge on any atom is -0.384 e. The fourth-order valence-corrected chi connectivity index (χ4v) is 1.43. The van der Waals surface area contributed by atoms with E-state index in [-0.39, 0.29) is 0 Å². The number of hydrogen-bond donors (Lipinski definition) is 1. The summed E-state index contributed by atoms with van der Waals surface area (Å²) in [5.41, 5.74) is 7.37. The Balaban J connectivity index is 2.41. The predicted molar refractivity (Wildman–Crippen MR) is 61.5 cm³/mol. The van der Waals surface area contributed by atoms with Crippen LogP contribution in [0.25, 0.3) is 11.3 Å². The normalized spacial score (nSPS) is 10.3. The largest absolute Gasteiger partial charge is 0.384 e. The van der Waals surface area contributed by atoms with Gasteiger partial charge < -0.3 is 5.73 Å². The van der Waals surface area contributed by atoms with Gasteiger partial charge in [-0.05, 0) is 6.42 Å². The van der Waals surface area contributed by atoms with E-state index in [1.807, 2.05) is 0 Å². The monoisotopic (exact) mass is 215 g/mol. The molecule has 0 radical (unpaired) electrons. The molecule has 5 heteroatoms. The Kier molecular flexibility index (Phi) is 3.05. The number of nitrogens with two attached hydrogens (primary N) is 1. The minimum absolute atomic E-state index is 0.484. The van der Waals surface area contributed by atoms with Crippen molar-refractivity contribution in [2.24, 2.45) is 0 Å². The highest BCUT2D eigenvalue weighted by molar-refractivity contribution is 5.59. The molecule has 0 unspecified atom stereocenters. The Hall–Kier alpha value is -2.04. The molecule has 0 aliphatic carbocycles. The van der Waals surface area contributed by atoms with E-state index in [0.717, 1.165) is 29.9 Å². The topological polar surface area (TPSA) is 77.6 Å². The molecule has 0 aliphatic rings. The summed E-state index contributed by atoms with van der Waals surface area (Å²) in [4.78, 5) is 16.5. The lowest BCUT2D eigenvalue weighted by molar-refractivity contribution is 0.839. The second-order valence-electron chi connectivity index (χ2n) is 3.47. The molecule has 2 heterocycles. The van der Waals surface area contributed by atoms with E-state index in [1.54, 1.807) is 18.5 Å². The number of anilines is 1. The molecule has 0 fully saturated rings. The average Bonchev–Trinajstić information content (AvgIpc) is 2.30. The van der Waals surface area contributed by atoms with Gasteiger partial charge in [0.2, 0.25) is 0 Å². The first-order chi connectivity index (χ1) is 7.79. The van der Waals surface area contributed by atoms with Crippen molar-refractivity contribution < 1.29 is 0 Å². The van der Waals surface area contributed by atoms with Crippen LogP contribution >= 0.6 is 0 Å². The van der Waals surface area contributed by atoms with Crippen LogP contribution in [0.2, 0.25) is 0 Å². The molecule has 0 amide bonds. The maximum atomic E-state index is 5.74. The molecule has 0 aromatic carbocycles. The van der Waals surface area contributed by atoms with Crippen molar-refractivity contribution in [1.82, 2.24) is 19.9 Å². The van der Waals surface area contributed by atoms with Gasteiger partial charge in [-0.2, -0.15) is 0 Å². The summed E-state index contributed by atoms with van der Waals surface area (Å²) < 4.78 is 0. The highest BCUT2D eigenvalue weighted by atomic mass is 14.9. The molecule has 0 atom stereocenters. The zero-order valence-corrected chi connectivity index (χ0v) is 9.09. The molecule has 82 valence electrons. The standard InChI is InChI=1S/C11H13N5/c1-2-3-11-15-9(4-10(12)16-11)8-5-13-7-14-6-8/h4-7H,2-3H2,1H3,(H2,12,15,16). The maximum Gasteiger partial charge on any atom is 0.131 e. The minimum atomic E-state index is 0.484. The van der Waals surface area contributed by atoms with E-state index in [0.29, 0.717) is 5.82 Å². The Morgan fingerprint density at radius 3 is 2.62 bits per heavy atom. The van der Waals surface area contributed by atoms with Crippen molar-refractivity contribution in [2.75, 3.05) is 5.73 Å². The quantitative estimate of drug-likeness (QED) is 0.838. The van der Waals surface area contributed by atoms with Gasteiger partial charge in [0.1, 0.15) is 18.0 Å². The Labute approximate surface area is 93.8 Å². The number of aryl methyl sites for hydroxylation is 1. The molecule has 0 saturated carbocycles. The van der Waals surface area contributed by atoms with E-state index in [2.05, 4.69) is 26.9 Å². The Morgan fingerprint density at radius 2 is 1.94 bits per heavy atom. The molecule has 2 rings (SSSR count). The second-order valence-corrected chi connectivity index (χ2v) is 3.47. The molecule has 0 bridgehead atoms. The van der Waals surface area contributed by atoms with Crippen LogP contribution in [0.15, 0.2) is 24.8 Å². The lowest BCUT2D eigenvalue weighted by atomic mass is 10.2. The van der Waals surface area contributed by atoms with Crippen LogP contribution in [0, 0.1) is 0 Å². The third-order valence-electron chi connectivity index (χ3n) is 2.12. The number of aromatic nitrogens is 4. The van der Waals surface area contributed by atoms with Gasteiger partial charge in [-0.25, -0.2) is 19.9 Å². The summed E-state index contributed by atoms with van der Waals surface area (Å²) in [6.45, 7) is 2.08. The molecule has 2 N–H and O–H groups in total. The predicted octanol–water partition coefficient (Wildman–Crippen LogP) is 1.47. The molecule has 2 aromatic heterocycles. The van der Waals surface area contributed by atoms with Crippen LogP contribution in [-0.4, -0.2) is 19.9 Å². The Morgan fingerprint density at radius 1 is 1.19 bits per heavy atom. The number of nitrogens with zero attached hydrogens (tertiary/aromatic N) is 4. The van der Waals surface area contributed by atoms with Gasteiger partial charge in [0, 0.05) is 30.4 Å². The lowest BCUT2D eigenvalue weighted by Gasteiger charge is -2.04. The van der Waals surface area contributed by atoms with Crippen LogP contribution in [-0.2, 0) is 6.42 Å². The summed E-state index contributed by atoms with van der Waals surface area (Å²) in [5, 5.41) is 0. The fourth-order valence-electron chi connectivity index (χ4n) is 1.43. The van der Waals surface area contributed by atoms with Crippen molar-refractivity contribution in [3.63, 3.8) is 0 Å². The third-order valence-corrected chi connectivity index (χ3v) is 2.12. The molecule has 2 aromatic rings. The molecule has 0 aliphatic heterocycles. The van der Waals surface area contributed by atoms with Crippen LogP contribution in [0.1, 0.15) is 19.2 Å². The summed E-state index contributed by atoms with van der Waals surface area (Å²) in [6.07, 6.45) is 6.73. The van der Waals surface area contributed by atoms with Crippen molar-refractivity contribution in [2.45, 2.75) is 19.8 Å². The SMILES string of the molecule is CCCc1nc(N)cc(-c2cncnc2)n1. The summed E-state index contributed by atoms with van der Waals surface area (Å²) >= 11 is 0. The molecule has 16 heavy (non-hydrogen) atoms. The van der Waals surface area contributed by atoms with Crippen molar-refractivity contribution >= 4 is 5.82 Å². The van der Waals surface area contributed by atoms with Crippen LogP contribution in [0.3, 0.4) is 0 Å². The average molecular weight is 215 g/mol. The highest BCUT2D eigenvalue weighted by Crippen LogP contribution is 2.16. The molecular weight excluding hydrogens is 202 g/mol. The number of rotatable bonds is 3. The Bertz CT molecular complexity index is 469. The van der Waals surface area contributed by atoms with Crippen molar-refractivity contribution in [3.05, 3.63) is 30.6 Å². The highest BCUT2D eigenvalue weighted by Gasteiger charge is 2.04. The van der Waals surface area contributed by atoms with Gasteiger partial charge in [0.05, 0.1) is 5.69 Å². The number of nitrogen functional groups attached to an aromatic ring is 1. The molecular formula is C11H13N5. The second kappa shape index (κ2) is 4.65. The van der Waals surface area contributed by atoms with E-state index >= 15 is 0 Å². The van der Waals surface area contributed by atoms with E-state index < -0.39 is 0 Å². The van der Waals surface area contributed by atoms with E-state index in [1.165, 1.54) is 6.33 Å². The number of hydrogen-bond acceptors (Lipinski definition) is 5. The first-order valence-corrected chi connectivity index (χ1v) is 5.18. The molecule has 0 spiro atoms. The van der Waals surface area contributed by atoms with Gasteiger partial charge in [0.25, 0.3) is 0 Å². The lowest BCUT2D eigenvalue weighted by Crippen LogP contribution is -2.01. The fraction of sp³-hybridized carbons (Fsp3) is 0.273. The molecule has 0 saturated heterocycles. The first kappa shape index (κ1) is 10.5. The van der Waals surface area contributed by atoms with Crippen molar-refractivity contribution in [1.29, 1.82) is 0 Å². The summed E-state index contributed by atoms with van der Waals surface area (Å²) in [7, 11) is 0. The van der Waals surface area contributed by atoms with Gasteiger partial charge >= 0.3 is 0 Å². The van der Waals surface area contributed by atoms with Crippen LogP contribution < -0.4 is 5.73 Å². The van der Waals surface area contributed by atoms with Gasteiger partial charge in [0.15, 0.2) is 0 Å². The third kappa shape index (κ3) is 2.31. The van der Waals surface area contributed by atoms with Gasteiger partial charge in [-0.3, -0.25) is 0 Å². The zero-order valence-electron chi connectivity index (χ0n) is 9.09. The van der Waals surface area contributed by atoms with Gasteiger partial charge in [-0.1, -0.05) is 6.92 Å². The molecule has 5 nitrogen and oxygen atoms in total. The van der Waals surface area contributed by atoms with Crippen LogP contribution in [0.4, 0.5) is 5.82 Å².